The number of nitrogens with zero attached hydrogens (tertiary/aromatic N) is 3. The Balaban J connectivity index is 3.57. The predicted molar refractivity (Wildman–Crippen MR) is 96.2 cm³/mol. The first-order chi connectivity index (χ1) is 13.3. The van der Waals surface area contributed by atoms with Gasteiger partial charge in [-0.2, -0.15) is 31.6 Å². The molecule has 4 nitrogen and oxygen atoms in total. The molecule has 162 valence electrons. The Morgan fingerprint density at radius 3 is 2.10 bits per heavy atom. The first kappa shape index (κ1) is 24.6. The van der Waals surface area contributed by atoms with Crippen LogP contribution in [0.25, 0.3) is 0 Å². The molecule has 0 aromatic heterocycles. The molecule has 1 atom stereocenters. The zero-order valence-corrected chi connectivity index (χ0v) is 16.5. The quantitative estimate of drug-likeness (QED) is 0.581. The molecule has 0 N–H and O–H groups in total. The van der Waals surface area contributed by atoms with Crippen LogP contribution in [-0.2, 0) is 11.0 Å². The molecule has 0 spiro atoms. The van der Waals surface area contributed by atoms with Crippen molar-refractivity contribution in [2.24, 2.45) is 0 Å². The number of alkyl halides is 6. The number of benzene rings is 1. The normalized spacial score (nSPS) is 13.2. The molecule has 0 aliphatic heterocycles. The van der Waals surface area contributed by atoms with E-state index in [1.54, 1.807) is 20.8 Å². The van der Waals surface area contributed by atoms with E-state index in [9.17, 15) is 31.1 Å². The first-order valence-electron chi connectivity index (χ1n) is 9.02. The third-order valence-corrected chi connectivity index (χ3v) is 4.41. The summed E-state index contributed by atoms with van der Waals surface area (Å²) in [5.74, 6) is -0.604. The minimum atomic E-state index is -4.93. The molecule has 0 aliphatic rings. The van der Waals surface area contributed by atoms with Crippen molar-refractivity contribution in [3.8, 4) is 6.07 Å². The largest absolute Gasteiger partial charge is 0.417 e. The molecule has 1 unspecified atom stereocenters. The highest BCUT2D eigenvalue weighted by Crippen LogP contribution is 2.36. The Morgan fingerprint density at radius 1 is 1.14 bits per heavy atom. The van der Waals surface area contributed by atoms with E-state index in [2.05, 4.69) is 0 Å². The van der Waals surface area contributed by atoms with Gasteiger partial charge in [-0.15, -0.1) is 0 Å². The second kappa shape index (κ2) is 9.37. The molecular weight excluding hydrogens is 400 g/mol. The molecule has 1 amide bonds. The van der Waals surface area contributed by atoms with Crippen LogP contribution in [0, 0.1) is 11.3 Å². The smallest absolute Gasteiger partial charge is 0.350 e. The maximum absolute atomic E-state index is 13.3. The standard InChI is InChI=1S/C19H23F6N3O/c1-5-16(17(29)27(6-2)12(3)4)28(11-18(20,21)22)14-8-7-13(10-26)15(9-14)19(23,24)25/h7-9,12,16H,5-6,11H2,1-4H3. The van der Waals surface area contributed by atoms with Crippen molar-refractivity contribution in [3.63, 3.8) is 0 Å². The van der Waals surface area contributed by atoms with Crippen molar-refractivity contribution in [2.45, 2.75) is 58.6 Å². The van der Waals surface area contributed by atoms with Crippen LogP contribution < -0.4 is 4.90 Å². The Morgan fingerprint density at radius 2 is 1.72 bits per heavy atom. The van der Waals surface area contributed by atoms with Crippen molar-refractivity contribution in [1.82, 2.24) is 4.90 Å². The van der Waals surface area contributed by atoms with Crippen molar-refractivity contribution in [2.75, 3.05) is 18.0 Å². The predicted octanol–water partition coefficient (Wildman–Crippen LogP) is 4.98. The molecule has 0 fully saturated rings. The summed E-state index contributed by atoms with van der Waals surface area (Å²) in [5.41, 5.74) is -2.47. The van der Waals surface area contributed by atoms with Crippen LogP contribution in [0.4, 0.5) is 32.0 Å². The molecule has 0 bridgehead atoms. The molecule has 10 heteroatoms. The lowest BCUT2D eigenvalue weighted by Gasteiger charge is -2.37. The summed E-state index contributed by atoms with van der Waals surface area (Å²) in [6, 6.07) is 2.10. The molecule has 0 radical (unpaired) electrons. The number of anilines is 1. The van der Waals surface area contributed by atoms with Crippen molar-refractivity contribution < 1.29 is 31.1 Å². The summed E-state index contributed by atoms with van der Waals surface area (Å²) >= 11 is 0. The van der Waals surface area contributed by atoms with Gasteiger partial charge in [0.15, 0.2) is 0 Å². The number of carbonyl (C=O) groups is 1. The molecule has 0 saturated heterocycles. The highest BCUT2D eigenvalue weighted by atomic mass is 19.4. The van der Waals surface area contributed by atoms with E-state index in [4.69, 9.17) is 5.26 Å². The second-order valence-electron chi connectivity index (χ2n) is 6.72. The van der Waals surface area contributed by atoms with Crippen LogP contribution in [0.3, 0.4) is 0 Å². The number of halogens is 6. The maximum Gasteiger partial charge on any atom is 0.417 e. The highest BCUT2D eigenvalue weighted by Gasteiger charge is 2.39. The zero-order chi connectivity index (χ0) is 22.6. The van der Waals surface area contributed by atoms with E-state index >= 15 is 0 Å². The lowest BCUT2D eigenvalue weighted by atomic mass is 10.0. The molecule has 1 aromatic rings. The minimum absolute atomic E-state index is 0.0422. The van der Waals surface area contributed by atoms with Gasteiger partial charge >= 0.3 is 12.4 Å². The SMILES string of the molecule is CCC(C(=O)N(CC)C(C)C)N(CC(F)(F)F)c1ccc(C#N)c(C(F)(F)F)c1. The van der Waals surface area contributed by atoms with Gasteiger partial charge in [-0.05, 0) is 45.4 Å². The highest BCUT2D eigenvalue weighted by molar-refractivity contribution is 5.85. The van der Waals surface area contributed by atoms with Gasteiger partial charge in [-0.25, -0.2) is 0 Å². The van der Waals surface area contributed by atoms with Crippen LogP contribution >= 0.6 is 0 Å². The van der Waals surface area contributed by atoms with Crippen molar-refractivity contribution in [3.05, 3.63) is 29.3 Å². The van der Waals surface area contributed by atoms with E-state index in [0.717, 1.165) is 12.1 Å². The molecule has 1 aromatic carbocycles. The van der Waals surface area contributed by atoms with Gasteiger partial charge in [0.25, 0.3) is 0 Å². The molecular formula is C19H23F6N3O. The Kier molecular flexibility index (Phi) is 7.95. The molecule has 1 rings (SSSR count). The van der Waals surface area contributed by atoms with Crippen molar-refractivity contribution >= 4 is 11.6 Å². The topological polar surface area (TPSA) is 47.3 Å². The monoisotopic (exact) mass is 423 g/mol. The third-order valence-electron chi connectivity index (χ3n) is 4.41. The Bertz CT molecular complexity index is 752. The van der Waals surface area contributed by atoms with Crippen molar-refractivity contribution in [1.29, 1.82) is 5.26 Å². The van der Waals surface area contributed by atoms with Crippen LogP contribution in [-0.4, -0.2) is 42.2 Å². The summed E-state index contributed by atoms with van der Waals surface area (Å²) in [6.45, 7) is 5.21. The van der Waals surface area contributed by atoms with Gasteiger partial charge in [0.1, 0.15) is 12.6 Å². The molecule has 0 heterocycles. The lowest BCUT2D eigenvalue weighted by molar-refractivity contribution is -0.137. The minimum Gasteiger partial charge on any atom is -0.350 e. The van der Waals surface area contributed by atoms with Gasteiger partial charge in [-0.3, -0.25) is 4.79 Å². The summed E-state index contributed by atoms with van der Waals surface area (Å²) in [6.07, 6.45) is -9.72. The Hall–Kier alpha value is -2.44. The number of rotatable bonds is 7. The van der Waals surface area contributed by atoms with E-state index in [1.807, 2.05) is 0 Å². The summed E-state index contributed by atoms with van der Waals surface area (Å²) in [5, 5.41) is 8.90. The number of nitriles is 1. The van der Waals surface area contributed by atoms with E-state index in [-0.39, 0.29) is 19.0 Å². The van der Waals surface area contributed by atoms with Gasteiger partial charge in [0, 0.05) is 18.3 Å². The average molecular weight is 423 g/mol. The van der Waals surface area contributed by atoms with Crippen LogP contribution in [0.1, 0.15) is 45.2 Å². The fourth-order valence-electron chi connectivity index (χ4n) is 3.11. The van der Waals surface area contributed by atoms with Gasteiger partial charge in [0.05, 0.1) is 17.2 Å². The summed E-state index contributed by atoms with van der Waals surface area (Å²) in [7, 11) is 0. The fraction of sp³-hybridized carbons (Fsp3) is 0.579. The Labute approximate surface area is 165 Å². The summed E-state index contributed by atoms with van der Waals surface area (Å²) in [4.78, 5) is 14.9. The number of amides is 1. The number of carbonyl (C=O) groups excluding carboxylic acids is 1. The molecule has 29 heavy (non-hydrogen) atoms. The number of hydrogen-bond acceptors (Lipinski definition) is 3. The van der Waals surface area contributed by atoms with Gasteiger partial charge in [-0.1, -0.05) is 6.92 Å². The van der Waals surface area contributed by atoms with E-state index < -0.39 is 47.7 Å². The second-order valence-corrected chi connectivity index (χ2v) is 6.72. The van der Waals surface area contributed by atoms with Crippen LogP contribution in [0.5, 0.6) is 0 Å². The number of likely N-dealkylation sites (N-methyl/N-ethyl adjacent to an activating group) is 1. The zero-order valence-electron chi connectivity index (χ0n) is 16.5. The molecule has 0 aliphatic carbocycles. The molecule has 0 saturated carbocycles. The van der Waals surface area contributed by atoms with E-state index in [0.29, 0.717) is 11.0 Å². The van der Waals surface area contributed by atoms with E-state index in [1.165, 1.54) is 17.9 Å². The van der Waals surface area contributed by atoms with Gasteiger partial charge in [0.2, 0.25) is 5.91 Å². The van der Waals surface area contributed by atoms with Crippen LogP contribution in [0.2, 0.25) is 0 Å². The maximum atomic E-state index is 13.3. The fourth-order valence-corrected chi connectivity index (χ4v) is 3.11. The average Bonchev–Trinajstić information content (AvgIpc) is 2.59. The summed E-state index contributed by atoms with van der Waals surface area (Å²) < 4.78 is 79.5. The first-order valence-corrected chi connectivity index (χ1v) is 9.02. The number of hydrogen-bond donors (Lipinski definition) is 0. The third kappa shape index (κ3) is 6.27. The van der Waals surface area contributed by atoms with Gasteiger partial charge < -0.3 is 9.80 Å². The van der Waals surface area contributed by atoms with Crippen LogP contribution in [0.15, 0.2) is 18.2 Å². The lowest BCUT2D eigenvalue weighted by Crippen LogP contribution is -2.53.